The minimum atomic E-state index is 0.602. The number of halogens is 2. The van der Waals surface area contributed by atoms with E-state index in [2.05, 4.69) is 48.1 Å². The zero-order valence-corrected chi connectivity index (χ0v) is 13.5. The zero-order chi connectivity index (χ0) is 14.3. The van der Waals surface area contributed by atoms with Crippen LogP contribution in [0.15, 0.2) is 62.1 Å². The van der Waals surface area contributed by atoms with Gasteiger partial charge in [0.25, 0.3) is 0 Å². The maximum absolute atomic E-state index is 9.18. The van der Waals surface area contributed by atoms with E-state index >= 15 is 0 Å². The number of hydrogen-bond donors (Lipinski definition) is 2. The van der Waals surface area contributed by atoms with E-state index in [0.29, 0.717) is 17.9 Å². The fraction of sp³-hybridized carbons (Fsp3) is 0.0714. The standard InChI is InChI=1S/C14H10Br2N4/c15-9-1-2-13(12(16)3-9)20-6-10-8(4-17)5-19-14(18)11(10)7-20/h1-3,5-6,19H,7,18H2. The molecule has 3 rings (SSSR count). The molecular formula is C14H10Br2N4. The Bertz CT molecular complexity index is 725. The summed E-state index contributed by atoms with van der Waals surface area (Å²) in [4.78, 5) is 2.08. The summed E-state index contributed by atoms with van der Waals surface area (Å²) in [6, 6.07) is 8.18. The molecule has 6 heteroatoms. The average molecular weight is 394 g/mol. The Hall–Kier alpha value is -1.71. The summed E-state index contributed by atoms with van der Waals surface area (Å²) in [7, 11) is 0. The van der Waals surface area contributed by atoms with Crippen LogP contribution in [0, 0.1) is 11.3 Å². The van der Waals surface area contributed by atoms with Crippen LogP contribution in [-0.4, -0.2) is 6.54 Å². The molecule has 0 amide bonds. The normalized spacial score (nSPS) is 17.1. The topological polar surface area (TPSA) is 65.1 Å². The van der Waals surface area contributed by atoms with Gasteiger partial charge in [-0.05, 0) is 34.1 Å². The largest absolute Gasteiger partial charge is 0.385 e. The van der Waals surface area contributed by atoms with Crippen molar-refractivity contribution in [1.82, 2.24) is 5.32 Å². The zero-order valence-electron chi connectivity index (χ0n) is 10.3. The summed E-state index contributed by atoms with van der Waals surface area (Å²) in [5, 5.41) is 12.1. The highest BCUT2D eigenvalue weighted by molar-refractivity contribution is 9.11. The van der Waals surface area contributed by atoms with Crippen LogP contribution in [0.4, 0.5) is 5.69 Å². The van der Waals surface area contributed by atoms with Gasteiger partial charge < -0.3 is 16.0 Å². The Balaban J connectivity index is 2.04. The number of rotatable bonds is 1. The van der Waals surface area contributed by atoms with Gasteiger partial charge in [-0.3, -0.25) is 0 Å². The molecule has 1 aromatic rings. The van der Waals surface area contributed by atoms with Gasteiger partial charge in [-0.15, -0.1) is 0 Å². The number of nitrogens with one attached hydrogen (secondary N) is 1. The third-order valence-corrected chi connectivity index (χ3v) is 4.39. The molecule has 3 N–H and O–H groups in total. The first kappa shape index (κ1) is 13.3. The summed E-state index contributed by atoms with van der Waals surface area (Å²) < 4.78 is 1.99. The molecule has 2 aliphatic rings. The van der Waals surface area contributed by atoms with Crippen LogP contribution in [0.1, 0.15) is 0 Å². The van der Waals surface area contributed by atoms with E-state index in [0.717, 1.165) is 25.8 Å². The lowest BCUT2D eigenvalue weighted by atomic mass is 10.0. The van der Waals surface area contributed by atoms with Gasteiger partial charge in [0.1, 0.15) is 11.9 Å². The molecule has 100 valence electrons. The van der Waals surface area contributed by atoms with Crippen LogP contribution in [0.5, 0.6) is 0 Å². The molecule has 1 aromatic carbocycles. The minimum Gasteiger partial charge on any atom is -0.385 e. The van der Waals surface area contributed by atoms with Gasteiger partial charge in [0.05, 0.1) is 17.8 Å². The fourth-order valence-corrected chi connectivity index (χ4v) is 3.55. The Morgan fingerprint density at radius 3 is 2.85 bits per heavy atom. The van der Waals surface area contributed by atoms with Crippen molar-refractivity contribution in [1.29, 1.82) is 5.26 Å². The van der Waals surface area contributed by atoms with Crippen LogP contribution < -0.4 is 16.0 Å². The number of allylic oxidation sites excluding steroid dienone is 1. The molecule has 0 radical (unpaired) electrons. The van der Waals surface area contributed by atoms with Crippen molar-refractivity contribution < 1.29 is 0 Å². The second-order valence-corrected chi connectivity index (χ2v) is 6.24. The molecular weight excluding hydrogens is 384 g/mol. The number of nitrogens with two attached hydrogens (primary N) is 1. The van der Waals surface area contributed by atoms with Gasteiger partial charge in [0.15, 0.2) is 0 Å². The SMILES string of the molecule is N#CC1=CNC(N)=C2CN(c3ccc(Br)cc3Br)C=C12. The second-order valence-electron chi connectivity index (χ2n) is 4.47. The van der Waals surface area contributed by atoms with Crippen molar-refractivity contribution in [3.8, 4) is 6.07 Å². The molecule has 0 aliphatic carbocycles. The van der Waals surface area contributed by atoms with E-state index in [4.69, 9.17) is 5.73 Å². The predicted octanol–water partition coefficient (Wildman–Crippen LogP) is 3.10. The smallest absolute Gasteiger partial charge is 0.106 e. The summed E-state index contributed by atoms with van der Waals surface area (Å²) in [5.74, 6) is 0.603. The predicted molar refractivity (Wildman–Crippen MR) is 85.3 cm³/mol. The number of nitrogens with zero attached hydrogens (tertiary/aromatic N) is 2. The molecule has 0 aromatic heterocycles. The summed E-state index contributed by atoms with van der Waals surface area (Å²) in [6.07, 6.45) is 3.61. The summed E-state index contributed by atoms with van der Waals surface area (Å²) in [6.45, 7) is 0.646. The number of dihydropyridines is 1. The maximum atomic E-state index is 9.18. The average Bonchev–Trinajstić information content (AvgIpc) is 2.85. The molecule has 0 atom stereocenters. The van der Waals surface area contributed by atoms with E-state index in [-0.39, 0.29) is 0 Å². The molecule has 20 heavy (non-hydrogen) atoms. The third kappa shape index (κ3) is 2.13. The van der Waals surface area contributed by atoms with Crippen molar-refractivity contribution in [3.05, 3.63) is 62.1 Å². The quantitative estimate of drug-likeness (QED) is 0.769. The van der Waals surface area contributed by atoms with Crippen molar-refractivity contribution in [3.63, 3.8) is 0 Å². The van der Waals surface area contributed by atoms with Crippen LogP contribution >= 0.6 is 31.9 Å². The van der Waals surface area contributed by atoms with E-state index < -0.39 is 0 Å². The Kier molecular flexibility index (Phi) is 3.32. The van der Waals surface area contributed by atoms with Gasteiger partial charge in [0, 0.05) is 32.5 Å². The highest BCUT2D eigenvalue weighted by Gasteiger charge is 2.27. The lowest BCUT2D eigenvalue weighted by molar-refractivity contribution is 0.947. The van der Waals surface area contributed by atoms with E-state index in [1.165, 1.54) is 0 Å². The first-order valence-electron chi connectivity index (χ1n) is 5.90. The van der Waals surface area contributed by atoms with Crippen molar-refractivity contribution in [2.45, 2.75) is 0 Å². The van der Waals surface area contributed by atoms with Crippen LogP contribution in [0.25, 0.3) is 0 Å². The summed E-state index contributed by atoms with van der Waals surface area (Å²) >= 11 is 7.00. The molecule has 0 fully saturated rings. The molecule has 0 saturated heterocycles. The lowest BCUT2D eigenvalue weighted by Gasteiger charge is -2.18. The van der Waals surface area contributed by atoms with Crippen molar-refractivity contribution in [2.24, 2.45) is 5.73 Å². The van der Waals surface area contributed by atoms with Gasteiger partial charge in [-0.2, -0.15) is 5.26 Å². The maximum Gasteiger partial charge on any atom is 0.106 e. The highest BCUT2D eigenvalue weighted by atomic mass is 79.9. The Morgan fingerprint density at radius 2 is 2.15 bits per heavy atom. The van der Waals surface area contributed by atoms with Gasteiger partial charge in [-0.1, -0.05) is 15.9 Å². The molecule has 0 unspecified atom stereocenters. The van der Waals surface area contributed by atoms with Gasteiger partial charge >= 0.3 is 0 Å². The van der Waals surface area contributed by atoms with E-state index in [1.54, 1.807) is 6.20 Å². The first-order valence-corrected chi connectivity index (χ1v) is 7.48. The monoisotopic (exact) mass is 392 g/mol. The molecule has 2 heterocycles. The van der Waals surface area contributed by atoms with Crippen molar-refractivity contribution >= 4 is 37.5 Å². The first-order chi connectivity index (χ1) is 9.60. The lowest BCUT2D eigenvalue weighted by Crippen LogP contribution is -2.24. The molecule has 2 aliphatic heterocycles. The number of anilines is 1. The van der Waals surface area contributed by atoms with Crippen LogP contribution in [0.3, 0.4) is 0 Å². The Labute approximate surface area is 133 Å². The van der Waals surface area contributed by atoms with Crippen LogP contribution in [0.2, 0.25) is 0 Å². The number of benzene rings is 1. The number of hydrogen-bond acceptors (Lipinski definition) is 4. The number of nitriles is 1. The molecule has 4 nitrogen and oxygen atoms in total. The number of fused-ring (bicyclic) bond motifs is 1. The summed E-state index contributed by atoms with van der Waals surface area (Å²) in [5.41, 5.74) is 9.45. The van der Waals surface area contributed by atoms with Gasteiger partial charge in [-0.25, -0.2) is 0 Å². The highest BCUT2D eigenvalue weighted by Crippen LogP contribution is 2.37. The Morgan fingerprint density at radius 1 is 1.35 bits per heavy atom. The molecule has 0 bridgehead atoms. The molecule has 0 saturated carbocycles. The molecule has 0 spiro atoms. The van der Waals surface area contributed by atoms with Crippen molar-refractivity contribution in [2.75, 3.05) is 11.4 Å². The second kappa shape index (κ2) is 5.00. The fourth-order valence-electron chi connectivity index (χ4n) is 2.27. The van der Waals surface area contributed by atoms with Crippen LogP contribution in [-0.2, 0) is 0 Å². The van der Waals surface area contributed by atoms with E-state index in [1.807, 2.05) is 24.4 Å². The minimum absolute atomic E-state index is 0.602. The van der Waals surface area contributed by atoms with Gasteiger partial charge in [0.2, 0.25) is 0 Å². The van der Waals surface area contributed by atoms with E-state index in [9.17, 15) is 5.26 Å². The third-order valence-electron chi connectivity index (χ3n) is 3.27.